The van der Waals surface area contributed by atoms with Crippen molar-refractivity contribution >= 4 is 5.69 Å². The Kier molecular flexibility index (Phi) is 3.73. The molecule has 0 aromatic heterocycles. The molecule has 0 aliphatic carbocycles. The number of hydrogen-bond acceptors (Lipinski definition) is 2. The summed E-state index contributed by atoms with van der Waals surface area (Å²) in [4.78, 5) is 2.47. The summed E-state index contributed by atoms with van der Waals surface area (Å²) in [5.74, 6) is 0.310. The first kappa shape index (κ1) is 14.8. The van der Waals surface area contributed by atoms with E-state index >= 15 is 0 Å². The molecule has 0 saturated carbocycles. The van der Waals surface area contributed by atoms with Crippen LogP contribution in [0.1, 0.15) is 28.3 Å². The van der Waals surface area contributed by atoms with Crippen molar-refractivity contribution in [1.29, 1.82) is 0 Å². The molecule has 0 bridgehead atoms. The molecule has 0 spiro atoms. The number of rotatable bonds is 2. The van der Waals surface area contributed by atoms with Crippen LogP contribution in [0.5, 0.6) is 5.75 Å². The summed E-state index contributed by atoms with van der Waals surface area (Å²) in [7, 11) is 0. The number of aryl methyl sites for hydroxylation is 1. The number of aromatic hydroxyl groups is 1. The van der Waals surface area contributed by atoms with Crippen LogP contribution in [0, 0.1) is 6.92 Å². The highest BCUT2D eigenvalue weighted by Gasteiger charge is 2.28. The van der Waals surface area contributed by atoms with Crippen molar-refractivity contribution in [3.63, 3.8) is 0 Å². The van der Waals surface area contributed by atoms with Gasteiger partial charge in [-0.15, -0.1) is 0 Å². The zero-order chi connectivity index (χ0) is 16.5. The van der Waals surface area contributed by atoms with Gasteiger partial charge in [-0.25, -0.2) is 0 Å². The number of anilines is 1. The van der Waals surface area contributed by atoms with Gasteiger partial charge in [0.1, 0.15) is 5.75 Å². The first-order chi connectivity index (χ1) is 11.7. The third-order valence-electron chi connectivity index (χ3n) is 4.86. The van der Waals surface area contributed by atoms with Crippen LogP contribution < -0.4 is 4.90 Å². The van der Waals surface area contributed by atoms with E-state index in [1.54, 1.807) is 12.1 Å². The van der Waals surface area contributed by atoms with Crippen LogP contribution >= 0.6 is 0 Å². The first-order valence-corrected chi connectivity index (χ1v) is 8.42. The second-order valence-corrected chi connectivity index (χ2v) is 6.47. The van der Waals surface area contributed by atoms with E-state index in [1.807, 2.05) is 12.1 Å². The molecule has 24 heavy (non-hydrogen) atoms. The molecule has 0 saturated heterocycles. The van der Waals surface area contributed by atoms with Crippen molar-refractivity contribution in [1.82, 2.24) is 0 Å². The highest BCUT2D eigenvalue weighted by molar-refractivity contribution is 5.56. The van der Waals surface area contributed by atoms with Gasteiger partial charge in [-0.2, -0.15) is 0 Å². The molecule has 2 nitrogen and oxygen atoms in total. The standard InChI is InChI=1S/C22H21NO/c1-16-6-10-19(11-7-16)23-15-14-17-4-2-3-5-21(17)22(23)18-8-12-20(24)13-9-18/h2-13,22,24H,14-15H2,1H3. The van der Waals surface area contributed by atoms with E-state index in [1.165, 1.54) is 27.9 Å². The lowest BCUT2D eigenvalue weighted by Crippen LogP contribution is -2.36. The van der Waals surface area contributed by atoms with E-state index in [4.69, 9.17) is 0 Å². The molecule has 3 aromatic carbocycles. The van der Waals surface area contributed by atoms with Crippen LogP contribution in [0.15, 0.2) is 72.8 Å². The van der Waals surface area contributed by atoms with Crippen molar-refractivity contribution in [3.8, 4) is 5.75 Å². The number of fused-ring (bicyclic) bond motifs is 1. The predicted octanol–water partition coefficient (Wildman–Crippen LogP) is 4.85. The van der Waals surface area contributed by atoms with Crippen LogP contribution in [0.3, 0.4) is 0 Å². The molecule has 0 amide bonds. The molecule has 1 atom stereocenters. The van der Waals surface area contributed by atoms with Crippen molar-refractivity contribution in [2.45, 2.75) is 19.4 Å². The zero-order valence-electron chi connectivity index (χ0n) is 13.8. The fourth-order valence-corrected chi connectivity index (χ4v) is 3.60. The van der Waals surface area contributed by atoms with Gasteiger partial charge in [0.2, 0.25) is 0 Å². The van der Waals surface area contributed by atoms with Gasteiger partial charge in [-0.3, -0.25) is 0 Å². The SMILES string of the molecule is Cc1ccc(N2CCc3ccccc3C2c2ccc(O)cc2)cc1. The van der Waals surface area contributed by atoms with Gasteiger partial charge in [0, 0.05) is 12.2 Å². The minimum atomic E-state index is 0.179. The molecule has 3 aromatic rings. The van der Waals surface area contributed by atoms with Crippen molar-refractivity contribution in [2.75, 3.05) is 11.4 Å². The lowest BCUT2D eigenvalue weighted by molar-refractivity contribution is 0.475. The average molecular weight is 315 g/mol. The second-order valence-electron chi connectivity index (χ2n) is 6.47. The Labute approximate surface area is 143 Å². The maximum absolute atomic E-state index is 9.65. The van der Waals surface area contributed by atoms with Gasteiger partial charge in [-0.05, 0) is 54.3 Å². The van der Waals surface area contributed by atoms with Gasteiger partial charge in [0.25, 0.3) is 0 Å². The summed E-state index contributed by atoms with van der Waals surface area (Å²) >= 11 is 0. The Morgan fingerprint density at radius 3 is 2.33 bits per heavy atom. The smallest absolute Gasteiger partial charge is 0.115 e. The van der Waals surface area contributed by atoms with Crippen LogP contribution in [-0.2, 0) is 6.42 Å². The van der Waals surface area contributed by atoms with E-state index in [-0.39, 0.29) is 6.04 Å². The number of phenolic OH excluding ortho intramolecular Hbond substituents is 1. The van der Waals surface area contributed by atoms with Crippen LogP contribution in [0.2, 0.25) is 0 Å². The van der Waals surface area contributed by atoms with E-state index in [9.17, 15) is 5.11 Å². The Hall–Kier alpha value is -2.74. The van der Waals surface area contributed by atoms with Crippen molar-refractivity contribution in [2.24, 2.45) is 0 Å². The molecular weight excluding hydrogens is 294 g/mol. The molecule has 4 rings (SSSR count). The third kappa shape index (κ3) is 2.65. The second kappa shape index (κ2) is 6.04. The number of phenols is 1. The van der Waals surface area contributed by atoms with Crippen LogP contribution in [0.4, 0.5) is 5.69 Å². The van der Waals surface area contributed by atoms with E-state index in [2.05, 4.69) is 60.4 Å². The summed E-state index contributed by atoms with van der Waals surface area (Å²) in [5, 5.41) is 9.65. The highest BCUT2D eigenvalue weighted by Crippen LogP contribution is 2.38. The predicted molar refractivity (Wildman–Crippen MR) is 98.6 cm³/mol. The molecule has 1 heterocycles. The van der Waals surface area contributed by atoms with Gasteiger partial charge < -0.3 is 10.0 Å². The average Bonchev–Trinajstić information content (AvgIpc) is 2.62. The minimum absolute atomic E-state index is 0.179. The number of benzene rings is 3. The van der Waals surface area contributed by atoms with Gasteiger partial charge in [0.15, 0.2) is 0 Å². The highest BCUT2D eigenvalue weighted by atomic mass is 16.3. The Bertz CT molecular complexity index is 837. The number of nitrogens with zero attached hydrogens (tertiary/aromatic N) is 1. The fraction of sp³-hybridized carbons (Fsp3) is 0.182. The first-order valence-electron chi connectivity index (χ1n) is 8.42. The maximum atomic E-state index is 9.65. The summed E-state index contributed by atoms with van der Waals surface area (Å²) < 4.78 is 0. The normalized spacial score (nSPS) is 16.7. The molecule has 1 aliphatic heterocycles. The van der Waals surface area contributed by atoms with Crippen molar-refractivity contribution < 1.29 is 5.11 Å². The van der Waals surface area contributed by atoms with Gasteiger partial charge in [-0.1, -0.05) is 54.1 Å². The molecule has 0 radical (unpaired) electrons. The molecule has 120 valence electrons. The summed E-state index contributed by atoms with van der Waals surface area (Å²) in [6, 6.07) is 25.2. The monoisotopic (exact) mass is 315 g/mol. The Morgan fingerprint density at radius 1 is 0.875 bits per heavy atom. The quantitative estimate of drug-likeness (QED) is 0.730. The molecule has 2 heteroatoms. The van der Waals surface area contributed by atoms with Crippen LogP contribution in [0.25, 0.3) is 0 Å². The third-order valence-corrected chi connectivity index (χ3v) is 4.86. The summed E-state index contributed by atoms with van der Waals surface area (Å²) in [6.45, 7) is 3.11. The number of hydrogen-bond donors (Lipinski definition) is 1. The van der Waals surface area contributed by atoms with Gasteiger partial charge >= 0.3 is 0 Å². The lowest BCUT2D eigenvalue weighted by Gasteiger charge is -2.39. The van der Waals surface area contributed by atoms with E-state index in [0.29, 0.717) is 5.75 Å². The zero-order valence-corrected chi connectivity index (χ0v) is 13.8. The molecule has 0 fully saturated rings. The Balaban J connectivity index is 1.83. The summed E-state index contributed by atoms with van der Waals surface area (Å²) in [5.41, 5.74) is 6.50. The molecular formula is C22H21NO. The van der Waals surface area contributed by atoms with Gasteiger partial charge in [0.05, 0.1) is 6.04 Å². The molecule has 1 N–H and O–H groups in total. The van der Waals surface area contributed by atoms with Crippen molar-refractivity contribution in [3.05, 3.63) is 95.1 Å². The summed E-state index contributed by atoms with van der Waals surface area (Å²) in [6.07, 6.45) is 1.05. The minimum Gasteiger partial charge on any atom is -0.508 e. The topological polar surface area (TPSA) is 23.5 Å². The van der Waals surface area contributed by atoms with Crippen LogP contribution in [-0.4, -0.2) is 11.7 Å². The largest absolute Gasteiger partial charge is 0.508 e. The lowest BCUT2D eigenvalue weighted by atomic mass is 9.87. The fourth-order valence-electron chi connectivity index (χ4n) is 3.60. The van der Waals surface area contributed by atoms with E-state index < -0.39 is 0 Å². The molecule has 1 unspecified atom stereocenters. The maximum Gasteiger partial charge on any atom is 0.115 e. The molecule has 1 aliphatic rings. The van der Waals surface area contributed by atoms with E-state index in [0.717, 1.165) is 13.0 Å². The Morgan fingerprint density at radius 2 is 1.58 bits per heavy atom.